The molecule has 2 aliphatic rings. The van der Waals surface area contributed by atoms with E-state index in [2.05, 4.69) is 5.32 Å². The number of carbonyl (C=O) groups excluding carboxylic acids is 2. The van der Waals surface area contributed by atoms with Gasteiger partial charge in [-0.15, -0.1) is 0 Å². The van der Waals surface area contributed by atoms with E-state index in [0.29, 0.717) is 12.3 Å². The Morgan fingerprint density at radius 2 is 2.08 bits per heavy atom. The summed E-state index contributed by atoms with van der Waals surface area (Å²) in [6, 6.07) is 5.18. The molecule has 0 bridgehead atoms. The Labute approximate surface area is 147 Å². The average Bonchev–Trinajstić information content (AvgIpc) is 3.26. The second kappa shape index (κ2) is 7.31. The third-order valence-electron chi connectivity index (χ3n) is 4.79. The highest BCUT2D eigenvalue weighted by atomic mass is 16.7. The molecular formula is C18H25N3O4. The second-order valence-electron chi connectivity index (χ2n) is 6.85. The Morgan fingerprint density at radius 1 is 1.32 bits per heavy atom. The van der Waals surface area contributed by atoms with E-state index in [1.54, 1.807) is 0 Å². The Bertz CT molecular complexity index is 662. The number of rotatable bonds is 5. The lowest BCUT2D eigenvalue weighted by Gasteiger charge is -2.26. The number of amides is 2. The summed E-state index contributed by atoms with van der Waals surface area (Å²) in [4.78, 5) is 26.3. The zero-order valence-corrected chi connectivity index (χ0v) is 14.7. The monoisotopic (exact) mass is 347 g/mol. The minimum absolute atomic E-state index is 0.00215. The maximum atomic E-state index is 12.6. The smallest absolute Gasteiger partial charge is 0.242 e. The van der Waals surface area contributed by atoms with Crippen molar-refractivity contribution in [2.24, 2.45) is 11.7 Å². The summed E-state index contributed by atoms with van der Waals surface area (Å²) < 4.78 is 10.8. The third kappa shape index (κ3) is 3.71. The summed E-state index contributed by atoms with van der Waals surface area (Å²) in [6.45, 7) is 4.64. The maximum Gasteiger partial charge on any atom is 0.242 e. The van der Waals surface area contributed by atoms with Crippen LogP contribution in [0, 0.1) is 5.92 Å². The molecule has 1 fully saturated rings. The van der Waals surface area contributed by atoms with Crippen LogP contribution in [-0.4, -0.2) is 42.6 Å². The van der Waals surface area contributed by atoms with Crippen molar-refractivity contribution >= 4 is 11.8 Å². The van der Waals surface area contributed by atoms with Crippen molar-refractivity contribution in [2.45, 2.75) is 38.8 Å². The topological polar surface area (TPSA) is 93.9 Å². The van der Waals surface area contributed by atoms with Crippen LogP contribution in [0.15, 0.2) is 18.2 Å². The van der Waals surface area contributed by atoms with Gasteiger partial charge in [0.05, 0.1) is 18.6 Å². The van der Waals surface area contributed by atoms with Crippen LogP contribution in [0.5, 0.6) is 11.5 Å². The van der Waals surface area contributed by atoms with Crippen LogP contribution in [0.25, 0.3) is 0 Å². The van der Waals surface area contributed by atoms with Gasteiger partial charge in [0.25, 0.3) is 0 Å². The molecule has 0 saturated carbocycles. The Kier molecular flexibility index (Phi) is 5.13. The average molecular weight is 347 g/mol. The summed E-state index contributed by atoms with van der Waals surface area (Å²) >= 11 is 0. The number of nitrogens with two attached hydrogens (primary N) is 1. The van der Waals surface area contributed by atoms with Gasteiger partial charge >= 0.3 is 0 Å². The molecule has 0 aromatic heterocycles. The lowest BCUT2D eigenvalue weighted by molar-refractivity contribution is -0.134. The summed E-state index contributed by atoms with van der Waals surface area (Å²) in [5.74, 6) is 1.09. The molecule has 2 atom stereocenters. The maximum absolute atomic E-state index is 12.6. The van der Waals surface area contributed by atoms with Gasteiger partial charge in [0, 0.05) is 6.54 Å². The molecule has 7 heteroatoms. The van der Waals surface area contributed by atoms with E-state index >= 15 is 0 Å². The fourth-order valence-electron chi connectivity index (χ4n) is 3.22. The van der Waals surface area contributed by atoms with Crippen molar-refractivity contribution in [3.8, 4) is 11.5 Å². The highest BCUT2D eigenvalue weighted by Crippen LogP contribution is 2.38. The van der Waals surface area contributed by atoms with Gasteiger partial charge in [0.2, 0.25) is 18.6 Å². The molecule has 3 rings (SSSR count). The number of hydrogen-bond acceptors (Lipinski definition) is 5. The first-order valence-corrected chi connectivity index (χ1v) is 8.69. The molecule has 2 aliphatic heterocycles. The third-order valence-corrected chi connectivity index (χ3v) is 4.79. The van der Waals surface area contributed by atoms with E-state index in [1.807, 2.05) is 36.9 Å². The van der Waals surface area contributed by atoms with E-state index < -0.39 is 6.04 Å². The number of fused-ring (bicyclic) bond motifs is 1. The van der Waals surface area contributed by atoms with Gasteiger partial charge in [-0.25, -0.2) is 0 Å². The molecule has 1 aromatic rings. The minimum Gasteiger partial charge on any atom is -0.454 e. The van der Waals surface area contributed by atoms with Crippen molar-refractivity contribution in [1.82, 2.24) is 10.2 Å². The van der Waals surface area contributed by atoms with Crippen molar-refractivity contribution in [3.63, 3.8) is 0 Å². The van der Waals surface area contributed by atoms with Gasteiger partial charge in [-0.2, -0.15) is 0 Å². The minimum atomic E-state index is -0.601. The molecule has 0 aliphatic carbocycles. The molecule has 0 spiro atoms. The van der Waals surface area contributed by atoms with E-state index in [9.17, 15) is 9.59 Å². The first-order valence-electron chi connectivity index (χ1n) is 8.69. The highest BCUT2D eigenvalue weighted by Gasteiger charge is 2.31. The van der Waals surface area contributed by atoms with Crippen LogP contribution in [0.1, 0.15) is 38.3 Å². The van der Waals surface area contributed by atoms with E-state index in [-0.39, 0.29) is 37.1 Å². The van der Waals surface area contributed by atoms with E-state index in [4.69, 9.17) is 15.2 Å². The fourth-order valence-corrected chi connectivity index (χ4v) is 3.22. The van der Waals surface area contributed by atoms with Crippen LogP contribution in [0.3, 0.4) is 0 Å². The summed E-state index contributed by atoms with van der Waals surface area (Å²) in [6.07, 6.45) is 1.83. The molecule has 1 unspecified atom stereocenters. The molecule has 7 nitrogen and oxygen atoms in total. The van der Waals surface area contributed by atoms with Crippen LogP contribution < -0.4 is 20.5 Å². The Balaban J connectivity index is 1.63. The van der Waals surface area contributed by atoms with Crippen LogP contribution >= 0.6 is 0 Å². The SMILES string of the molecule is CC(C)[C@H](N)C(=O)NCC(=O)N1CCCC1c1ccc2c(c1)OCO2. The Hall–Kier alpha value is -2.28. The quantitative estimate of drug-likeness (QED) is 0.834. The molecular weight excluding hydrogens is 322 g/mol. The molecule has 0 radical (unpaired) electrons. The standard InChI is InChI=1S/C18H25N3O4/c1-11(2)17(19)18(23)20-9-16(22)21-7-3-4-13(21)12-5-6-14-15(8-12)25-10-24-14/h5-6,8,11,13,17H,3-4,7,9-10,19H2,1-2H3,(H,20,23)/t13?,17-/m0/s1. The van der Waals surface area contributed by atoms with Crippen LogP contribution in [0.4, 0.5) is 0 Å². The number of nitrogens with one attached hydrogen (secondary N) is 1. The number of carbonyl (C=O) groups is 2. The lowest BCUT2D eigenvalue weighted by Crippen LogP contribution is -2.47. The molecule has 25 heavy (non-hydrogen) atoms. The largest absolute Gasteiger partial charge is 0.454 e. The van der Waals surface area contributed by atoms with Crippen molar-refractivity contribution in [1.29, 1.82) is 0 Å². The van der Waals surface area contributed by atoms with Gasteiger partial charge < -0.3 is 25.4 Å². The predicted molar refractivity (Wildman–Crippen MR) is 92.1 cm³/mol. The normalized spacial score (nSPS) is 20.0. The number of likely N-dealkylation sites (tertiary alicyclic amines) is 1. The van der Waals surface area contributed by atoms with Gasteiger partial charge in [-0.1, -0.05) is 19.9 Å². The van der Waals surface area contributed by atoms with Gasteiger partial charge in [-0.3, -0.25) is 9.59 Å². The highest BCUT2D eigenvalue weighted by molar-refractivity contribution is 5.87. The van der Waals surface area contributed by atoms with Crippen LogP contribution in [-0.2, 0) is 9.59 Å². The molecule has 2 heterocycles. The number of ether oxygens (including phenoxy) is 2. The first-order chi connectivity index (χ1) is 12.0. The Morgan fingerprint density at radius 3 is 2.84 bits per heavy atom. The lowest BCUT2D eigenvalue weighted by atomic mass is 10.0. The molecule has 136 valence electrons. The van der Waals surface area contributed by atoms with Gasteiger partial charge in [0.1, 0.15) is 0 Å². The van der Waals surface area contributed by atoms with Crippen molar-refractivity contribution in [2.75, 3.05) is 19.9 Å². The van der Waals surface area contributed by atoms with Gasteiger partial charge in [0.15, 0.2) is 11.5 Å². The first kappa shape index (κ1) is 17.5. The van der Waals surface area contributed by atoms with Crippen molar-refractivity contribution in [3.05, 3.63) is 23.8 Å². The van der Waals surface area contributed by atoms with E-state index in [0.717, 1.165) is 24.2 Å². The van der Waals surface area contributed by atoms with Crippen LogP contribution in [0.2, 0.25) is 0 Å². The van der Waals surface area contributed by atoms with Crippen molar-refractivity contribution < 1.29 is 19.1 Å². The number of nitrogens with zero attached hydrogens (tertiary/aromatic N) is 1. The summed E-state index contributed by atoms with van der Waals surface area (Å²) in [5, 5.41) is 2.65. The number of benzene rings is 1. The zero-order valence-electron chi connectivity index (χ0n) is 14.7. The molecule has 3 N–H and O–H groups in total. The number of hydrogen-bond donors (Lipinski definition) is 2. The molecule has 1 aromatic carbocycles. The summed E-state index contributed by atoms with van der Waals surface area (Å²) in [5.41, 5.74) is 6.84. The zero-order chi connectivity index (χ0) is 18.0. The predicted octanol–water partition coefficient (Wildman–Crippen LogP) is 1.18. The second-order valence-corrected chi connectivity index (χ2v) is 6.85. The fraction of sp³-hybridized carbons (Fsp3) is 0.556. The van der Waals surface area contributed by atoms with Gasteiger partial charge in [-0.05, 0) is 36.5 Å². The summed E-state index contributed by atoms with van der Waals surface area (Å²) in [7, 11) is 0. The van der Waals surface area contributed by atoms with E-state index in [1.165, 1.54) is 0 Å². The molecule has 2 amide bonds. The molecule has 1 saturated heterocycles.